The highest BCUT2D eigenvalue weighted by Gasteiger charge is 2.28. The third-order valence-electron chi connectivity index (χ3n) is 9.10. The van der Waals surface area contributed by atoms with E-state index in [1.807, 2.05) is 0 Å². The summed E-state index contributed by atoms with van der Waals surface area (Å²) >= 11 is 0. The molecule has 0 radical (unpaired) electrons. The molecule has 0 heterocycles. The molecule has 0 bridgehead atoms. The Kier molecular flexibility index (Phi) is 28.0. The minimum atomic E-state index is 0.161. The lowest BCUT2D eigenvalue weighted by Crippen LogP contribution is -2.21. The Labute approximate surface area is 259 Å². The monoisotopic (exact) mass is 599 g/mol. The van der Waals surface area contributed by atoms with E-state index < -0.39 is 0 Å². The summed E-state index contributed by atoms with van der Waals surface area (Å²) < 4.78 is 0. The highest BCUT2D eigenvalue weighted by Crippen LogP contribution is 2.56. The van der Waals surface area contributed by atoms with Crippen LogP contribution in [0.2, 0.25) is 0 Å². The maximum absolute atomic E-state index is 2.55. The van der Waals surface area contributed by atoms with Gasteiger partial charge in [0.25, 0.3) is 0 Å². The van der Waals surface area contributed by atoms with Gasteiger partial charge in [-0.3, -0.25) is 0 Å². The summed E-state index contributed by atoms with van der Waals surface area (Å²) in [5, 5.41) is 1.06. The van der Waals surface area contributed by atoms with Crippen LogP contribution in [0.5, 0.6) is 0 Å². The van der Waals surface area contributed by atoms with Crippen LogP contribution in [0.1, 0.15) is 209 Å². The Hall–Kier alpha value is 0.860. The zero-order chi connectivity index (χ0) is 30.0. The third kappa shape index (κ3) is 26.5. The van der Waals surface area contributed by atoms with Crippen molar-refractivity contribution in [2.24, 2.45) is 0 Å². The van der Waals surface area contributed by atoms with Gasteiger partial charge in [-0.05, 0) is 47.8 Å². The first kappa shape index (κ1) is 40.9. The molecule has 0 aromatic carbocycles. The van der Waals surface area contributed by atoms with Gasteiger partial charge in [-0.15, -0.1) is 15.8 Å². The molecule has 242 valence electrons. The maximum atomic E-state index is 2.55. The Morgan fingerprint density at radius 3 is 0.675 bits per heavy atom. The Morgan fingerprint density at radius 1 is 0.275 bits per heavy atom. The van der Waals surface area contributed by atoms with Crippen LogP contribution in [0.15, 0.2) is 0 Å². The van der Waals surface area contributed by atoms with Crippen LogP contribution < -0.4 is 0 Å². The van der Waals surface area contributed by atoms with Gasteiger partial charge < -0.3 is 0 Å². The first-order chi connectivity index (χ1) is 19.1. The molecule has 2 heteroatoms. The molecule has 2 unspecified atom stereocenters. The van der Waals surface area contributed by atoms with Crippen LogP contribution >= 0.6 is 15.8 Å². The fourth-order valence-corrected chi connectivity index (χ4v) is 12.4. The van der Waals surface area contributed by atoms with E-state index in [9.17, 15) is 0 Å². The molecule has 0 aliphatic rings. The zero-order valence-corrected chi connectivity index (χ0v) is 31.5. The molecule has 0 rings (SSSR count). The number of hydrogen-bond acceptors (Lipinski definition) is 0. The highest BCUT2D eigenvalue weighted by atomic mass is 31.1. The van der Waals surface area contributed by atoms with Crippen LogP contribution in [-0.2, 0) is 0 Å². The number of rotatable bonds is 29. The Bertz CT molecular complexity index is 455. The van der Waals surface area contributed by atoms with Crippen molar-refractivity contribution in [3.8, 4) is 0 Å². The summed E-state index contributed by atoms with van der Waals surface area (Å²) in [4.78, 5) is 0. The largest absolute Gasteiger partial charge is 0.101 e. The van der Waals surface area contributed by atoms with Crippen molar-refractivity contribution in [1.82, 2.24) is 0 Å². The summed E-state index contributed by atoms with van der Waals surface area (Å²) in [6.45, 7) is 19.9. The third-order valence-corrected chi connectivity index (χ3v) is 16.5. The van der Waals surface area contributed by atoms with E-state index in [2.05, 4.69) is 55.4 Å². The molecule has 0 nitrogen and oxygen atoms in total. The van der Waals surface area contributed by atoms with E-state index in [-0.39, 0.29) is 15.8 Å². The zero-order valence-electron chi connectivity index (χ0n) is 29.7. The van der Waals surface area contributed by atoms with Crippen molar-refractivity contribution < 1.29 is 0 Å². The molecule has 0 aliphatic carbocycles. The van der Waals surface area contributed by atoms with Gasteiger partial charge in [0.05, 0.1) is 0 Å². The van der Waals surface area contributed by atoms with Crippen LogP contribution in [0.25, 0.3) is 0 Å². The Morgan fingerprint density at radius 2 is 0.475 bits per heavy atom. The lowest BCUT2D eigenvalue weighted by molar-refractivity contribution is 0.548. The van der Waals surface area contributed by atoms with Crippen molar-refractivity contribution in [3.63, 3.8) is 0 Å². The summed E-state index contributed by atoms with van der Waals surface area (Å²) in [6, 6.07) is 0. The van der Waals surface area contributed by atoms with Crippen LogP contribution in [-0.4, -0.2) is 35.0 Å². The second-order valence-corrected chi connectivity index (χ2v) is 21.7. The van der Waals surface area contributed by atoms with Crippen molar-refractivity contribution in [2.75, 3.05) is 24.6 Å². The van der Waals surface area contributed by atoms with Crippen LogP contribution in [0, 0.1) is 0 Å². The molecule has 0 saturated carbocycles. The topological polar surface area (TPSA) is 0 Å². The molecule has 2 atom stereocenters. The van der Waals surface area contributed by atoms with E-state index in [0.29, 0.717) is 10.3 Å². The van der Waals surface area contributed by atoms with Crippen molar-refractivity contribution in [2.45, 2.75) is 220 Å². The van der Waals surface area contributed by atoms with Crippen molar-refractivity contribution in [3.05, 3.63) is 0 Å². The first-order valence-corrected chi connectivity index (χ1v) is 22.1. The normalized spacial score (nSPS) is 14.1. The summed E-state index contributed by atoms with van der Waals surface area (Å²) in [5.74, 6) is 0. The van der Waals surface area contributed by atoms with Gasteiger partial charge in [-0.1, -0.05) is 197 Å². The van der Waals surface area contributed by atoms with Gasteiger partial charge in [0.2, 0.25) is 0 Å². The van der Waals surface area contributed by atoms with Crippen molar-refractivity contribution in [1.29, 1.82) is 0 Å². The molecule has 0 saturated heterocycles. The molecular formula is C38H80P2. The quantitative estimate of drug-likeness (QED) is 0.0593. The van der Waals surface area contributed by atoms with Gasteiger partial charge in [0, 0.05) is 0 Å². The molecule has 0 spiro atoms. The minimum absolute atomic E-state index is 0.161. The molecular weight excluding hydrogens is 518 g/mol. The van der Waals surface area contributed by atoms with Gasteiger partial charge >= 0.3 is 0 Å². The predicted molar refractivity (Wildman–Crippen MR) is 195 cm³/mol. The van der Waals surface area contributed by atoms with Gasteiger partial charge in [0.15, 0.2) is 0 Å². The van der Waals surface area contributed by atoms with Gasteiger partial charge in [0.1, 0.15) is 0 Å². The van der Waals surface area contributed by atoms with Crippen LogP contribution in [0.3, 0.4) is 0 Å². The van der Waals surface area contributed by atoms with E-state index in [4.69, 9.17) is 0 Å². The first-order valence-electron chi connectivity index (χ1n) is 18.6. The molecule has 0 fully saturated rings. The standard InChI is InChI=1S/C38H80P2/c1-9-11-13-15-17-19-21-23-25-27-29-31-33-39(37(3,4)5)35-36-40(38(6,7)8)34-32-30-28-26-24-22-20-18-16-14-12-10-2/h9-36H2,1-8H3. The minimum Gasteiger partial charge on any atom is -0.101 e. The van der Waals surface area contributed by atoms with Gasteiger partial charge in [-0.2, -0.15) is 0 Å². The lowest BCUT2D eigenvalue weighted by Gasteiger charge is -2.37. The average molecular weight is 599 g/mol. The molecule has 0 N–H and O–H groups in total. The predicted octanol–water partition coefficient (Wildman–Crippen LogP) is 14.9. The molecule has 40 heavy (non-hydrogen) atoms. The molecule has 0 aliphatic heterocycles. The van der Waals surface area contributed by atoms with E-state index in [1.54, 1.807) is 0 Å². The average Bonchev–Trinajstić information content (AvgIpc) is 2.88. The summed E-state index contributed by atoms with van der Waals surface area (Å²) in [7, 11) is 0.322. The van der Waals surface area contributed by atoms with Gasteiger partial charge in [-0.25, -0.2) is 0 Å². The lowest BCUT2D eigenvalue weighted by atomic mass is 10.1. The van der Waals surface area contributed by atoms with Crippen molar-refractivity contribution >= 4 is 15.8 Å². The summed E-state index contributed by atoms with van der Waals surface area (Å²) in [5.41, 5.74) is 0. The highest BCUT2D eigenvalue weighted by molar-refractivity contribution is 7.63. The molecule has 0 amide bonds. The fraction of sp³-hybridized carbons (Fsp3) is 1.00. The molecule has 0 aromatic rings. The maximum Gasteiger partial charge on any atom is -0.0179 e. The van der Waals surface area contributed by atoms with E-state index in [0.717, 1.165) is 0 Å². The SMILES string of the molecule is CCCCCCCCCCCCCCP(CCP(CCCCCCCCCCCCCC)C(C)(C)C)C(C)(C)C. The van der Waals surface area contributed by atoms with E-state index >= 15 is 0 Å². The fourth-order valence-electron chi connectivity index (χ4n) is 6.09. The number of hydrogen-bond donors (Lipinski definition) is 0. The number of unbranched alkanes of at least 4 members (excludes halogenated alkanes) is 22. The summed E-state index contributed by atoms with van der Waals surface area (Å²) in [6.07, 6.45) is 41.4. The van der Waals surface area contributed by atoms with E-state index in [1.165, 1.54) is 179 Å². The Balaban J connectivity index is 4.08. The van der Waals surface area contributed by atoms with Crippen LogP contribution in [0.4, 0.5) is 0 Å². The molecule has 0 aromatic heterocycles. The second kappa shape index (κ2) is 27.4. The second-order valence-electron chi connectivity index (χ2n) is 15.1. The smallest absolute Gasteiger partial charge is 0.0179 e.